The largest absolute Gasteiger partial charge is 0.678 e. The van der Waals surface area contributed by atoms with E-state index in [0.717, 1.165) is 58.6 Å². The van der Waals surface area contributed by atoms with Crippen LogP contribution >= 0.6 is 22.6 Å². The second kappa shape index (κ2) is 20.9. The number of benzene rings is 5. The maximum absolute atomic E-state index is 16.0. The van der Waals surface area contributed by atoms with Crippen LogP contribution in [-0.4, -0.2) is 52.9 Å². The van der Waals surface area contributed by atoms with E-state index in [-0.39, 0.29) is 0 Å². The molecular formula is C54H48BF2IN4O. The van der Waals surface area contributed by atoms with E-state index < -0.39 is 7.40 Å². The maximum Gasteiger partial charge on any atom is 0.678 e. The van der Waals surface area contributed by atoms with Gasteiger partial charge < -0.3 is 19.0 Å². The summed E-state index contributed by atoms with van der Waals surface area (Å²) in [5.74, 6) is 0.766. The van der Waals surface area contributed by atoms with Crippen LogP contribution in [0.5, 0.6) is 5.75 Å². The zero-order valence-corrected chi connectivity index (χ0v) is 38.1. The van der Waals surface area contributed by atoms with Crippen LogP contribution in [0.15, 0.2) is 180 Å². The fraction of sp³-hybridized carbons (Fsp3) is 0.0926. The molecular weight excluding hydrogens is 896 g/mol. The maximum atomic E-state index is 16.0. The van der Waals surface area contributed by atoms with E-state index >= 15 is 8.63 Å². The third kappa shape index (κ3) is 11.4. The molecule has 2 heterocycles. The molecule has 7 rings (SSSR count). The average Bonchev–Trinajstić information content (AvgIpc) is 3.88. The molecule has 63 heavy (non-hydrogen) atoms. The van der Waals surface area contributed by atoms with Gasteiger partial charge in [0.1, 0.15) is 5.75 Å². The molecule has 0 unspecified atom stereocenters. The van der Waals surface area contributed by atoms with Crippen molar-refractivity contribution in [2.45, 2.75) is 0 Å². The van der Waals surface area contributed by atoms with Crippen molar-refractivity contribution in [2.24, 2.45) is 4.99 Å². The lowest BCUT2D eigenvalue weighted by Gasteiger charge is -2.17. The number of methoxy groups -OCH3 is 1. The Morgan fingerprint density at radius 2 is 1.16 bits per heavy atom. The van der Waals surface area contributed by atoms with Crippen LogP contribution in [0.4, 0.5) is 20.0 Å². The number of hydrogen-bond donors (Lipinski definition) is 0. The lowest BCUT2D eigenvalue weighted by Crippen LogP contribution is -2.18. The monoisotopic (exact) mass is 944 g/mol. The van der Waals surface area contributed by atoms with Gasteiger partial charge in [-0.05, 0) is 129 Å². The summed E-state index contributed by atoms with van der Waals surface area (Å²) in [4.78, 5) is 9.36. The molecule has 1 aliphatic heterocycles. The van der Waals surface area contributed by atoms with E-state index in [4.69, 9.17) is 9.73 Å². The first-order valence-electron chi connectivity index (χ1n) is 20.5. The van der Waals surface area contributed by atoms with E-state index in [1.165, 1.54) is 0 Å². The van der Waals surface area contributed by atoms with E-state index in [0.29, 0.717) is 33.9 Å². The molecule has 0 saturated heterocycles. The van der Waals surface area contributed by atoms with Crippen molar-refractivity contribution >= 4 is 89.1 Å². The van der Waals surface area contributed by atoms with Gasteiger partial charge in [0.05, 0.1) is 24.2 Å². The first-order chi connectivity index (χ1) is 30.6. The summed E-state index contributed by atoms with van der Waals surface area (Å²) >= 11 is 2.27. The van der Waals surface area contributed by atoms with Crippen LogP contribution in [0.1, 0.15) is 44.8 Å². The van der Waals surface area contributed by atoms with Gasteiger partial charge in [0, 0.05) is 60.0 Å². The first kappa shape index (κ1) is 44.3. The fourth-order valence-corrected chi connectivity index (χ4v) is 7.44. The Morgan fingerprint density at radius 3 is 1.73 bits per heavy atom. The van der Waals surface area contributed by atoms with Crippen molar-refractivity contribution in [1.82, 2.24) is 4.48 Å². The Bertz CT molecular complexity index is 2760. The van der Waals surface area contributed by atoms with Gasteiger partial charge in [0.15, 0.2) is 0 Å². The van der Waals surface area contributed by atoms with Crippen LogP contribution in [0.2, 0.25) is 0 Å². The van der Waals surface area contributed by atoms with Crippen molar-refractivity contribution in [1.29, 1.82) is 0 Å². The number of allylic oxidation sites excluding steroid dienone is 5. The highest BCUT2D eigenvalue weighted by molar-refractivity contribution is 14.1. The van der Waals surface area contributed by atoms with Gasteiger partial charge in [-0.15, -0.1) is 0 Å². The molecule has 0 fully saturated rings. The number of aromatic nitrogens is 1. The molecule has 9 heteroatoms. The predicted molar refractivity (Wildman–Crippen MR) is 275 cm³/mol. The normalized spacial score (nSPS) is 13.8. The topological polar surface area (TPSA) is 33.0 Å². The van der Waals surface area contributed by atoms with Gasteiger partial charge in [-0.3, -0.25) is 8.63 Å². The van der Waals surface area contributed by atoms with Crippen molar-refractivity contribution in [3.05, 3.63) is 223 Å². The van der Waals surface area contributed by atoms with Gasteiger partial charge in [0.25, 0.3) is 0 Å². The van der Waals surface area contributed by atoms with Gasteiger partial charge in [-0.2, -0.15) is 0 Å². The van der Waals surface area contributed by atoms with Gasteiger partial charge >= 0.3 is 7.40 Å². The molecule has 5 aromatic carbocycles. The van der Waals surface area contributed by atoms with E-state index in [1.807, 2.05) is 203 Å². The molecule has 0 bridgehead atoms. The Morgan fingerprint density at radius 1 is 0.619 bits per heavy atom. The molecule has 314 valence electrons. The van der Waals surface area contributed by atoms with Gasteiger partial charge in [-0.1, -0.05) is 127 Å². The summed E-state index contributed by atoms with van der Waals surface area (Å²) in [5.41, 5.74) is 10.8. The molecule has 5 nitrogen and oxygen atoms in total. The van der Waals surface area contributed by atoms with E-state index in [1.54, 1.807) is 13.2 Å². The van der Waals surface area contributed by atoms with Crippen LogP contribution in [-0.2, 0) is 0 Å². The molecule has 0 aliphatic carbocycles. The molecule has 0 saturated carbocycles. The number of ether oxygens (including phenoxy) is 1. The third-order valence-corrected chi connectivity index (χ3v) is 11.2. The van der Waals surface area contributed by atoms with E-state index in [9.17, 15) is 0 Å². The first-order valence-corrected chi connectivity index (χ1v) is 21.6. The molecule has 0 spiro atoms. The van der Waals surface area contributed by atoms with Crippen LogP contribution in [0.3, 0.4) is 0 Å². The van der Waals surface area contributed by atoms with E-state index in [2.05, 4.69) is 51.8 Å². The van der Waals surface area contributed by atoms with Crippen molar-refractivity contribution < 1.29 is 13.4 Å². The Kier molecular flexibility index (Phi) is 14.7. The van der Waals surface area contributed by atoms with Crippen LogP contribution in [0, 0.1) is 3.57 Å². The molecule has 1 aromatic heterocycles. The predicted octanol–water partition coefficient (Wildman–Crippen LogP) is 13.5. The Balaban J connectivity index is 1.45. The smallest absolute Gasteiger partial charge is 0.497 e. The number of halogens is 3. The van der Waals surface area contributed by atoms with Crippen LogP contribution in [0.25, 0.3) is 42.0 Å². The highest BCUT2D eigenvalue weighted by Gasteiger charge is 2.31. The van der Waals surface area contributed by atoms with Crippen molar-refractivity contribution in [2.75, 3.05) is 45.1 Å². The Labute approximate surface area is 384 Å². The van der Waals surface area contributed by atoms with Crippen molar-refractivity contribution in [3.63, 3.8) is 0 Å². The van der Waals surface area contributed by atoms with Crippen LogP contribution < -0.4 is 14.5 Å². The minimum absolute atomic E-state index is 0.354. The number of anilines is 2. The standard InChI is InChI=1S/C54H48BF2IN4O/c1-60(2)48-31-18-40(19-32-48)15-24-44-37-47(30-17-42-22-35-51(63-5)36-23-42)59-53(44)52(43-26-28-46(58)29-27-43)54-45(25-16-41-20-33-49(34-21-41)61(3)4)38-50(62(54)55(56)57)14-10-9-13-39-11-7-6-8-12-39/h6-38H,1-5H3/b13-9+,14-10+,24-15+,25-16+,30-17+,53-52-. The molecule has 0 N–H and O–H groups in total. The number of aliphatic imine (C=N–C) groups is 1. The Hall–Kier alpha value is -6.72. The number of nitrogens with zero attached hydrogens (tertiary/aromatic N) is 4. The van der Waals surface area contributed by atoms with Crippen molar-refractivity contribution in [3.8, 4) is 5.75 Å². The summed E-state index contributed by atoms with van der Waals surface area (Å²) < 4.78 is 39.4. The summed E-state index contributed by atoms with van der Waals surface area (Å²) in [6.45, 7) is 0. The zero-order valence-electron chi connectivity index (χ0n) is 36.0. The second-order valence-electron chi connectivity index (χ2n) is 15.3. The lowest BCUT2D eigenvalue weighted by atomic mass is 9.93. The number of rotatable bonds is 15. The summed E-state index contributed by atoms with van der Waals surface area (Å²) in [6, 6.07) is 43.9. The molecule has 6 aromatic rings. The quantitative estimate of drug-likeness (QED) is 0.0584. The highest BCUT2D eigenvalue weighted by Crippen LogP contribution is 2.39. The van der Waals surface area contributed by atoms with Gasteiger partial charge in [-0.25, -0.2) is 4.99 Å². The van der Waals surface area contributed by atoms with Gasteiger partial charge in [0.2, 0.25) is 0 Å². The minimum atomic E-state index is -2.88. The molecule has 1 aliphatic rings. The summed E-state index contributed by atoms with van der Waals surface area (Å²) in [6.07, 6.45) is 21.3. The molecule has 0 atom stereocenters. The SMILES string of the molecule is COc1ccc(/C=C/C2=NC(=C(/c3ccc(I)cc3)c3c(/C=C/c4ccc(N(C)C)cc4)cc(/C=C/C=C/c4ccccc4)n3B(F)F)/C(/C=C/c3ccc(N(C)C)cc3)=C2)cc1. The minimum Gasteiger partial charge on any atom is -0.497 e. The third-order valence-electron chi connectivity index (χ3n) is 10.5. The summed E-state index contributed by atoms with van der Waals surface area (Å²) in [5, 5.41) is 0. The average molecular weight is 945 g/mol. The summed E-state index contributed by atoms with van der Waals surface area (Å²) in [7, 11) is 6.79. The fourth-order valence-electron chi connectivity index (χ4n) is 7.09. The molecule has 0 amide bonds. The number of hydrogen-bond acceptors (Lipinski definition) is 4. The zero-order chi connectivity index (χ0) is 44.3. The second-order valence-corrected chi connectivity index (χ2v) is 16.5. The lowest BCUT2D eigenvalue weighted by molar-refractivity contribution is 0.415. The highest BCUT2D eigenvalue weighted by atomic mass is 127. The molecule has 0 radical (unpaired) electrons.